The van der Waals surface area contributed by atoms with Crippen molar-refractivity contribution in [2.75, 3.05) is 10.2 Å². The number of halogens is 1. The van der Waals surface area contributed by atoms with Gasteiger partial charge in [-0.1, -0.05) is 17.7 Å². The number of amides is 2. The molecule has 0 spiro atoms. The van der Waals surface area contributed by atoms with Crippen LogP contribution in [0.2, 0.25) is 0 Å². The molecule has 1 heterocycles. The van der Waals surface area contributed by atoms with Gasteiger partial charge < -0.3 is 5.32 Å². The highest BCUT2D eigenvalue weighted by atomic mass is 127. The second kappa shape index (κ2) is 6.29. The zero-order chi connectivity index (χ0) is 15.7. The van der Waals surface area contributed by atoms with E-state index in [2.05, 4.69) is 27.9 Å². The largest absolute Gasteiger partial charge is 0.365 e. The standard InChI is InChI=1S/C16H13IN2O2S/c1-10-2-8-13(9-3-10)19-15(20)14(22-16(19)21)18-12-6-4-11(17)5-7-12/h2-9,14,18H,1H3. The first kappa shape index (κ1) is 15.4. The second-order valence-electron chi connectivity index (χ2n) is 4.92. The monoisotopic (exact) mass is 424 g/mol. The molecule has 1 aliphatic heterocycles. The van der Waals surface area contributed by atoms with Gasteiger partial charge in [0.1, 0.15) is 0 Å². The van der Waals surface area contributed by atoms with Gasteiger partial charge in [-0.25, -0.2) is 4.90 Å². The molecule has 2 aromatic carbocycles. The maximum absolute atomic E-state index is 12.5. The first-order valence-corrected chi connectivity index (χ1v) is 8.64. The molecule has 3 rings (SSSR count). The third-order valence-electron chi connectivity index (χ3n) is 3.28. The molecule has 112 valence electrons. The highest BCUT2D eigenvalue weighted by molar-refractivity contribution is 14.1. The Hall–Kier alpha value is -1.54. The summed E-state index contributed by atoms with van der Waals surface area (Å²) in [5.41, 5.74) is 2.52. The lowest BCUT2D eigenvalue weighted by molar-refractivity contribution is -0.116. The van der Waals surface area contributed by atoms with Crippen LogP contribution in [0.5, 0.6) is 0 Å². The zero-order valence-electron chi connectivity index (χ0n) is 11.7. The predicted molar refractivity (Wildman–Crippen MR) is 98.2 cm³/mol. The van der Waals surface area contributed by atoms with Crippen molar-refractivity contribution in [2.24, 2.45) is 0 Å². The molecule has 0 aliphatic carbocycles. The number of nitrogens with one attached hydrogen (secondary N) is 1. The van der Waals surface area contributed by atoms with Crippen LogP contribution < -0.4 is 10.2 Å². The van der Waals surface area contributed by atoms with Gasteiger partial charge in [-0.3, -0.25) is 9.59 Å². The van der Waals surface area contributed by atoms with Gasteiger partial charge in [0.05, 0.1) is 5.69 Å². The second-order valence-corrected chi connectivity index (χ2v) is 7.23. The Morgan fingerprint density at radius 3 is 2.32 bits per heavy atom. The van der Waals surface area contributed by atoms with Crippen molar-refractivity contribution in [1.82, 2.24) is 0 Å². The fraction of sp³-hybridized carbons (Fsp3) is 0.125. The molecule has 6 heteroatoms. The molecule has 1 atom stereocenters. The Labute approximate surface area is 146 Å². The Morgan fingerprint density at radius 1 is 1.05 bits per heavy atom. The summed E-state index contributed by atoms with van der Waals surface area (Å²) in [5.74, 6) is -0.239. The molecule has 1 unspecified atom stereocenters. The van der Waals surface area contributed by atoms with Gasteiger partial charge in [-0.15, -0.1) is 0 Å². The quantitative estimate of drug-likeness (QED) is 0.750. The van der Waals surface area contributed by atoms with Crippen LogP contribution in [0.25, 0.3) is 0 Å². The Morgan fingerprint density at radius 2 is 1.68 bits per heavy atom. The number of carbonyl (C=O) groups excluding carboxylic acids is 2. The van der Waals surface area contributed by atoms with Gasteiger partial charge in [0.15, 0.2) is 5.37 Å². The van der Waals surface area contributed by atoms with Gasteiger partial charge in [-0.05, 0) is 77.7 Å². The van der Waals surface area contributed by atoms with E-state index in [1.807, 2.05) is 43.3 Å². The first-order valence-electron chi connectivity index (χ1n) is 6.68. The molecule has 0 bridgehead atoms. The van der Waals surface area contributed by atoms with Crippen LogP contribution in [0.1, 0.15) is 5.56 Å². The van der Waals surface area contributed by atoms with E-state index >= 15 is 0 Å². The molecule has 1 fully saturated rings. The van der Waals surface area contributed by atoms with Crippen molar-refractivity contribution >= 4 is 56.9 Å². The Kier molecular flexibility index (Phi) is 4.39. The van der Waals surface area contributed by atoms with Gasteiger partial charge in [0.2, 0.25) is 0 Å². The summed E-state index contributed by atoms with van der Waals surface area (Å²) >= 11 is 3.22. The molecule has 1 N–H and O–H groups in total. The molecule has 4 nitrogen and oxygen atoms in total. The number of hydrogen-bond acceptors (Lipinski definition) is 4. The normalized spacial score (nSPS) is 17.9. The summed E-state index contributed by atoms with van der Waals surface area (Å²) in [4.78, 5) is 25.9. The highest BCUT2D eigenvalue weighted by Gasteiger charge is 2.40. The van der Waals surface area contributed by atoms with Crippen LogP contribution in [0.4, 0.5) is 16.2 Å². The van der Waals surface area contributed by atoms with Crippen molar-refractivity contribution < 1.29 is 9.59 Å². The fourth-order valence-corrected chi connectivity index (χ4v) is 3.39. The van der Waals surface area contributed by atoms with E-state index in [4.69, 9.17) is 0 Å². The topological polar surface area (TPSA) is 49.4 Å². The summed E-state index contributed by atoms with van der Waals surface area (Å²) in [5, 5.41) is 2.27. The minimum atomic E-state index is -0.589. The summed E-state index contributed by atoms with van der Waals surface area (Å²) in [6, 6.07) is 15.1. The van der Waals surface area contributed by atoms with Crippen molar-refractivity contribution in [1.29, 1.82) is 0 Å². The van der Waals surface area contributed by atoms with Crippen LogP contribution >= 0.6 is 34.4 Å². The molecule has 1 saturated heterocycles. The first-order chi connectivity index (χ1) is 10.5. The smallest absolute Gasteiger partial charge is 0.295 e. The molecule has 22 heavy (non-hydrogen) atoms. The third kappa shape index (κ3) is 3.12. The summed E-state index contributed by atoms with van der Waals surface area (Å²) < 4.78 is 1.12. The van der Waals surface area contributed by atoms with Gasteiger partial charge in [-0.2, -0.15) is 0 Å². The molecule has 2 amide bonds. The average molecular weight is 424 g/mol. The molecular formula is C16H13IN2O2S. The van der Waals surface area contributed by atoms with Crippen LogP contribution in [0, 0.1) is 10.5 Å². The van der Waals surface area contributed by atoms with Crippen LogP contribution in [0.15, 0.2) is 48.5 Å². The molecule has 2 aromatic rings. The molecule has 0 radical (unpaired) electrons. The van der Waals surface area contributed by atoms with E-state index in [-0.39, 0.29) is 11.1 Å². The molecule has 1 aliphatic rings. The molecular weight excluding hydrogens is 411 g/mol. The Bertz CT molecular complexity index is 716. The van der Waals surface area contributed by atoms with Crippen molar-refractivity contribution in [3.63, 3.8) is 0 Å². The highest BCUT2D eigenvalue weighted by Crippen LogP contribution is 2.32. The number of nitrogens with zero attached hydrogens (tertiary/aromatic N) is 1. The zero-order valence-corrected chi connectivity index (χ0v) is 14.7. The predicted octanol–water partition coefficient (Wildman–Crippen LogP) is 4.24. The van der Waals surface area contributed by atoms with Crippen LogP contribution in [0.3, 0.4) is 0 Å². The lowest BCUT2D eigenvalue weighted by Gasteiger charge is -2.15. The number of anilines is 2. The fourth-order valence-electron chi connectivity index (χ4n) is 2.13. The van der Waals surface area contributed by atoms with E-state index in [1.165, 1.54) is 4.90 Å². The lowest BCUT2D eigenvalue weighted by atomic mass is 10.2. The van der Waals surface area contributed by atoms with Gasteiger partial charge in [0.25, 0.3) is 11.1 Å². The van der Waals surface area contributed by atoms with E-state index < -0.39 is 5.37 Å². The number of thioether (sulfide) groups is 1. The number of benzene rings is 2. The molecule has 0 aromatic heterocycles. The minimum absolute atomic E-state index is 0.239. The van der Waals surface area contributed by atoms with Crippen molar-refractivity contribution in [3.05, 3.63) is 57.7 Å². The Balaban J connectivity index is 1.79. The number of carbonyl (C=O) groups is 2. The number of imide groups is 1. The van der Waals surface area contributed by atoms with Crippen LogP contribution in [-0.2, 0) is 4.79 Å². The van der Waals surface area contributed by atoms with E-state index in [9.17, 15) is 9.59 Å². The third-order valence-corrected chi connectivity index (χ3v) is 4.94. The van der Waals surface area contributed by atoms with E-state index in [0.29, 0.717) is 5.69 Å². The summed E-state index contributed by atoms with van der Waals surface area (Å²) in [6.07, 6.45) is 0. The van der Waals surface area contributed by atoms with Crippen molar-refractivity contribution in [2.45, 2.75) is 12.3 Å². The maximum atomic E-state index is 12.5. The summed E-state index contributed by atoms with van der Waals surface area (Å²) in [7, 11) is 0. The van der Waals surface area contributed by atoms with Gasteiger partial charge in [0, 0.05) is 9.26 Å². The number of rotatable bonds is 3. The van der Waals surface area contributed by atoms with E-state index in [0.717, 1.165) is 26.6 Å². The maximum Gasteiger partial charge on any atom is 0.295 e. The van der Waals surface area contributed by atoms with E-state index in [1.54, 1.807) is 12.1 Å². The lowest BCUT2D eigenvalue weighted by Crippen LogP contribution is -2.34. The minimum Gasteiger partial charge on any atom is -0.365 e. The van der Waals surface area contributed by atoms with Crippen LogP contribution in [-0.4, -0.2) is 16.5 Å². The average Bonchev–Trinajstić information content (AvgIpc) is 2.77. The SMILES string of the molecule is Cc1ccc(N2C(=O)SC(Nc3ccc(I)cc3)C2=O)cc1. The number of aryl methyl sites for hydroxylation is 1. The summed E-state index contributed by atoms with van der Waals surface area (Å²) in [6.45, 7) is 1.97. The number of hydrogen-bond donors (Lipinski definition) is 1. The molecule has 0 saturated carbocycles. The van der Waals surface area contributed by atoms with Gasteiger partial charge >= 0.3 is 0 Å². The van der Waals surface area contributed by atoms with Crippen molar-refractivity contribution in [3.8, 4) is 0 Å².